The van der Waals surface area contributed by atoms with Crippen LogP contribution in [0, 0.1) is 23.2 Å². The van der Waals surface area contributed by atoms with Crippen molar-refractivity contribution in [2.45, 2.75) is 64.6 Å². The molecule has 4 rings (SSSR count). The Morgan fingerprint density at radius 2 is 1.73 bits per heavy atom. The summed E-state index contributed by atoms with van der Waals surface area (Å²) in [6, 6.07) is 0. The number of ether oxygens (including phenoxy) is 2. The second-order valence-corrected chi connectivity index (χ2v) is 8.40. The first-order chi connectivity index (χ1) is 10.2. The third-order valence-electron chi connectivity index (χ3n) is 5.40. The summed E-state index contributed by atoms with van der Waals surface area (Å²) in [5.41, 5.74) is -1.05. The summed E-state index contributed by atoms with van der Waals surface area (Å²) in [6.45, 7) is 5.04. The largest absolute Gasteiger partial charge is 0.457 e. The van der Waals surface area contributed by atoms with E-state index in [2.05, 4.69) is 0 Å². The Kier molecular flexibility index (Phi) is 3.75. The van der Waals surface area contributed by atoms with Gasteiger partial charge in [-0.15, -0.1) is 0 Å². The van der Waals surface area contributed by atoms with Crippen molar-refractivity contribution in [1.82, 2.24) is 0 Å². The highest BCUT2D eigenvalue weighted by molar-refractivity contribution is 5.81. The maximum absolute atomic E-state index is 12.6. The smallest absolute Gasteiger partial charge is 0.344 e. The minimum absolute atomic E-state index is 0.223. The van der Waals surface area contributed by atoms with E-state index in [-0.39, 0.29) is 30.5 Å². The van der Waals surface area contributed by atoms with Crippen molar-refractivity contribution in [3.63, 3.8) is 0 Å². The summed E-state index contributed by atoms with van der Waals surface area (Å²) in [4.78, 5) is 24.3. The van der Waals surface area contributed by atoms with Crippen molar-refractivity contribution in [1.29, 1.82) is 0 Å². The maximum atomic E-state index is 12.6. The highest BCUT2D eigenvalue weighted by Crippen LogP contribution is 2.60. The van der Waals surface area contributed by atoms with Gasteiger partial charge in [-0.1, -0.05) is 0 Å². The molecule has 0 amide bonds. The molecule has 0 aromatic carbocycles. The Labute approximate surface area is 131 Å². The molecule has 4 bridgehead atoms. The lowest BCUT2D eigenvalue weighted by molar-refractivity contribution is -0.189. The maximum Gasteiger partial charge on any atom is 0.344 e. The summed E-state index contributed by atoms with van der Waals surface area (Å²) >= 11 is 0. The number of carbonyl (C=O) groups excluding carboxylic acids is 2. The lowest BCUT2D eigenvalue weighted by Crippen LogP contribution is -2.56. The van der Waals surface area contributed by atoms with Crippen LogP contribution in [-0.4, -0.2) is 35.4 Å². The second kappa shape index (κ2) is 5.22. The Balaban J connectivity index is 1.60. The topological polar surface area (TPSA) is 72.8 Å². The molecule has 2 unspecified atom stereocenters. The molecule has 5 nitrogen and oxygen atoms in total. The van der Waals surface area contributed by atoms with Crippen LogP contribution in [0.1, 0.15) is 52.9 Å². The van der Waals surface area contributed by atoms with Crippen LogP contribution < -0.4 is 0 Å². The molecule has 124 valence electrons. The van der Waals surface area contributed by atoms with Crippen molar-refractivity contribution in [3.05, 3.63) is 0 Å². The zero-order valence-electron chi connectivity index (χ0n) is 13.6. The van der Waals surface area contributed by atoms with Gasteiger partial charge in [0.1, 0.15) is 5.60 Å². The van der Waals surface area contributed by atoms with Crippen molar-refractivity contribution in [3.8, 4) is 0 Å². The quantitative estimate of drug-likeness (QED) is 0.808. The van der Waals surface area contributed by atoms with Crippen LogP contribution in [0.4, 0.5) is 0 Å². The van der Waals surface area contributed by atoms with E-state index in [1.807, 2.05) is 0 Å². The highest BCUT2D eigenvalue weighted by Gasteiger charge is 2.58. The van der Waals surface area contributed by atoms with Crippen molar-refractivity contribution in [2.75, 3.05) is 6.61 Å². The number of carbonyl (C=O) groups is 2. The first-order valence-electron chi connectivity index (χ1n) is 8.26. The number of hydrogen-bond donors (Lipinski definition) is 1. The molecule has 4 saturated carbocycles. The molecular formula is C17H26O5. The molecule has 4 aliphatic rings. The van der Waals surface area contributed by atoms with E-state index >= 15 is 0 Å². The van der Waals surface area contributed by atoms with Gasteiger partial charge in [-0.25, -0.2) is 4.79 Å². The van der Waals surface area contributed by atoms with Gasteiger partial charge in [-0.2, -0.15) is 0 Å². The molecule has 5 heteroatoms. The van der Waals surface area contributed by atoms with Gasteiger partial charge in [0.05, 0.1) is 11.5 Å². The molecule has 2 atom stereocenters. The third-order valence-corrected chi connectivity index (χ3v) is 5.40. The number of hydrogen-bond acceptors (Lipinski definition) is 5. The first kappa shape index (κ1) is 15.8. The summed E-state index contributed by atoms with van der Waals surface area (Å²) in [5.74, 6) is 0.186. The van der Waals surface area contributed by atoms with Gasteiger partial charge in [0.15, 0.2) is 6.61 Å². The van der Waals surface area contributed by atoms with Gasteiger partial charge in [-0.3, -0.25) is 4.79 Å². The van der Waals surface area contributed by atoms with E-state index in [9.17, 15) is 14.7 Å². The third kappa shape index (κ3) is 2.87. The average Bonchev–Trinajstić information content (AvgIpc) is 2.39. The van der Waals surface area contributed by atoms with Crippen LogP contribution in [-0.2, 0) is 19.1 Å². The number of aliphatic hydroxyl groups is 1. The normalized spacial score (nSPS) is 39.6. The molecule has 0 aromatic rings. The summed E-state index contributed by atoms with van der Waals surface area (Å²) in [6.07, 6.45) is 4.04. The molecule has 22 heavy (non-hydrogen) atoms. The molecule has 0 aromatic heterocycles. The molecular weight excluding hydrogens is 284 g/mol. The van der Waals surface area contributed by atoms with Gasteiger partial charge in [-0.05, 0) is 70.6 Å². The molecule has 0 aliphatic heterocycles. The molecule has 0 radical (unpaired) electrons. The predicted molar refractivity (Wildman–Crippen MR) is 78.8 cm³/mol. The Morgan fingerprint density at radius 3 is 2.27 bits per heavy atom. The van der Waals surface area contributed by atoms with Crippen LogP contribution in [0.25, 0.3) is 0 Å². The highest BCUT2D eigenvalue weighted by atomic mass is 16.6. The zero-order valence-corrected chi connectivity index (χ0v) is 13.6. The average molecular weight is 310 g/mol. The van der Waals surface area contributed by atoms with Crippen LogP contribution in [0.3, 0.4) is 0 Å². The van der Waals surface area contributed by atoms with Gasteiger partial charge in [0, 0.05) is 0 Å². The molecule has 1 N–H and O–H groups in total. The van der Waals surface area contributed by atoms with E-state index in [1.165, 1.54) is 0 Å². The first-order valence-corrected chi connectivity index (χ1v) is 8.26. The zero-order chi connectivity index (χ0) is 16.1. The van der Waals surface area contributed by atoms with E-state index in [1.54, 1.807) is 20.8 Å². The molecule has 0 spiro atoms. The number of aliphatic hydroxyl groups excluding tert-OH is 1. The lowest BCUT2D eigenvalue weighted by atomic mass is 9.48. The second-order valence-electron chi connectivity index (χ2n) is 8.40. The predicted octanol–water partition coefficient (Wildman–Crippen LogP) is 2.06. The van der Waals surface area contributed by atoms with Gasteiger partial charge >= 0.3 is 11.9 Å². The van der Waals surface area contributed by atoms with Gasteiger partial charge in [0.25, 0.3) is 0 Å². The summed E-state index contributed by atoms with van der Waals surface area (Å²) in [5, 5.41) is 10.2. The van der Waals surface area contributed by atoms with Crippen molar-refractivity contribution in [2.24, 2.45) is 23.2 Å². The standard InChI is InChI=1S/C17H26O5/c1-16(2,3)22-13(18)9-21-15(20)17-6-10-4-11(7-17)14(19)12(5-10)8-17/h10-12,14,19H,4-9H2,1-3H3. The van der Waals surface area contributed by atoms with E-state index in [0.29, 0.717) is 18.8 Å². The van der Waals surface area contributed by atoms with E-state index in [4.69, 9.17) is 9.47 Å². The monoisotopic (exact) mass is 310 g/mol. The van der Waals surface area contributed by atoms with Crippen molar-refractivity contribution < 1.29 is 24.2 Å². The Morgan fingerprint density at radius 1 is 1.14 bits per heavy atom. The minimum atomic E-state index is -0.575. The van der Waals surface area contributed by atoms with Gasteiger partial charge in [0.2, 0.25) is 0 Å². The summed E-state index contributed by atoms with van der Waals surface area (Å²) in [7, 11) is 0. The fourth-order valence-electron chi connectivity index (χ4n) is 4.90. The molecule has 0 saturated heterocycles. The van der Waals surface area contributed by atoms with Crippen LogP contribution in [0.15, 0.2) is 0 Å². The van der Waals surface area contributed by atoms with E-state index < -0.39 is 17.0 Å². The van der Waals surface area contributed by atoms with Crippen LogP contribution in [0.2, 0.25) is 0 Å². The number of rotatable bonds is 3. The molecule has 0 heterocycles. The Hall–Kier alpha value is -1.10. The molecule has 4 aliphatic carbocycles. The number of esters is 2. The van der Waals surface area contributed by atoms with E-state index in [0.717, 1.165) is 19.3 Å². The lowest BCUT2D eigenvalue weighted by Gasteiger charge is -2.57. The van der Waals surface area contributed by atoms with Gasteiger partial charge < -0.3 is 14.6 Å². The minimum Gasteiger partial charge on any atom is -0.457 e. The fourth-order valence-corrected chi connectivity index (χ4v) is 4.90. The van der Waals surface area contributed by atoms with Crippen LogP contribution in [0.5, 0.6) is 0 Å². The van der Waals surface area contributed by atoms with Crippen LogP contribution >= 0.6 is 0 Å². The Bertz CT molecular complexity index is 462. The summed E-state index contributed by atoms with van der Waals surface area (Å²) < 4.78 is 10.4. The fraction of sp³-hybridized carbons (Fsp3) is 0.882. The SMILES string of the molecule is CC(C)(C)OC(=O)COC(=O)C12CC3CC(C1)C(O)C(C3)C2. The van der Waals surface area contributed by atoms with Crippen molar-refractivity contribution >= 4 is 11.9 Å². The molecule has 4 fully saturated rings.